The number of rotatable bonds is 4. The van der Waals surface area contributed by atoms with Gasteiger partial charge in [0.25, 0.3) is 19.0 Å². The normalized spacial score (nSPS) is 11.8. The first-order valence-electron chi connectivity index (χ1n) is 6.85. The Balaban J connectivity index is 2.35. The zero-order chi connectivity index (χ0) is 15.9. The average Bonchev–Trinajstić information content (AvgIpc) is 3.15. The molecule has 0 bridgehead atoms. The molecule has 22 heavy (non-hydrogen) atoms. The van der Waals surface area contributed by atoms with E-state index < -0.39 is 11.7 Å². The average molecular weight is 302 g/mol. The lowest BCUT2D eigenvalue weighted by Gasteiger charge is -2.19. The van der Waals surface area contributed by atoms with Crippen LogP contribution in [0.5, 0.6) is 0 Å². The molecule has 0 aliphatic carbocycles. The van der Waals surface area contributed by atoms with E-state index in [2.05, 4.69) is 0 Å². The summed E-state index contributed by atoms with van der Waals surface area (Å²) in [6.45, 7) is 0. The number of hydrogen-bond acceptors (Lipinski definition) is 1. The smallest absolute Gasteiger partial charge is 0.358 e. The Morgan fingerprint density at radius 1 is 0.818 bits per heavy atom. The summed E-state index contributed by atoms with van der Waals surface area (Å²) in [6.07, 6.45) is 16.5. The van der Waals surface area contributed by atoms with Gasteiger partial charge in [-0.3, -0.25) is 4.79 Å². The van der Waals surface area contributed by atoms with Crippen molar-refractivity contribution >= 4 is 5.91 Å². The first-order chi connectivity index (χ1) is 10.4. The van der Waals surface area contributed by atoms with Gasteiger partial charge in [0.15, 0.2) is 0 Å². The van der Waals surface area contributed by atoms with E-state index in [-0.39, 0.29) is 0 Å². The third kappa shape index (κ3) is 1.92. The molecule has 1 amide bonds. The van der Waals surface area contributed by atoms with Crippen molar-refractivity contribution in [2.75, 3.05) is 0 Å². The molecule has 0 aliphatic heterocycles. The second-order valence-corrected chi connectivity index (χ2v) is 5.46. The Hall–Kier alpha value is -2.90. The van der Waals surface area contributed by atoms with E-state index in [1.165, 1.54) is 0 Å². The number of aryl methyl sites for hydroxylation is 3. The van der Waals surface area contributed by atoms with Crippen LogP contribution in [0.1, 0.15) is 0 Å². The number of aromatic nitrogens is 6. The van der Waals surface area contributed by atoms with Crippen LogP contribution in [0.3, 0.4) is 0 Å². The fourth-order valence-corrected chi connectivity index (χ4v) is 2.69. The number of amides is 1. The maximum atomic E-state index is 12.6. The van der Waals surface area contributed by atoms with Crippen LogP contribution in [-0.2, 0) is 31.7 Å². The van der Waals surface area contributed by atoms with Crippen molar-refractivity contribution in [3.05, 3.63) is 56.2 Å². The number of carbonyl (C=O) groups excluding carboxylic acids is 1. The van der Waals surface area contributed by atoms with Gasteiger partial charge in [-0.05, 0) is 0 Å². The Kier molecular flexibility index (Phi) is 3.09. The first kappa shape index (κ1) is 14.1. The molecule has 3 rings (SSSR count). The van der Waals surface area contributed by atoms with Crippen molar-refractivity contribution < 1.29 is 18.5 Å². The molecule has 0 spiro atoms. The molecule has 0 radical (unpaired) electrons. The van der Waals surface area contributed by atoms with Crippen LogP contribution in [0.15, 0.2) is 56.2 Å². The standard InChI is InChI=1S/C14H19N7O/c1-16-4-7-19(10-16)14(13(15)22,20-8-5-17(2)11-20)21-9-6-18(3)12-21/h4-12H,1-3H3,(H-,15,22)/q+2/p+1. The minimum Gasteiger partial charge on any atom is -0.358 e. The molecule has 2 N–H and O–H groups in total. The fourth-order valence-electron chi connectivity index (χ4n) is 2.69. The van der Waals surface area contributed by atoms with Gasteiger partial charge < -0.3 is 5.73 Å². The molecule has 3 aromatic rings. The van der Waals surface area contributed by atoms with Crippen molar-refractivity contribution in [3.63, 3.8) is 0 Å². The van der Waals surface area contributed by atoms with Gasteiger partial charge in [0.05, 0.1) is 21.1 Å². The Morgan fingerprint density at radius 2 is 1.14 bits per heavy atom. The summed E-state index contributed by atoms with van der Waals surface area (Å²) in [4.78, 5) is 12.6. The second-order valence-electron chi connectivity index (χ2n) is 5.46. The molecule has 3 aromatic heterocycles. The summed E-state index contributed by atoms with van der Waals surface area (Å²) < 4.78 is 11.0. The Labute approximate surface area is 127 Å². The van der Waals surface area contributed by atoms with Crippen molar-refractivity contribution in [3.8, 4) is 0 Å². The van der Waals surface area contributed by atoms with Gasteiger partial charge in [-0.15, -0.1) is 13.7 Å². The van der Waals surface area contributed by atoms with Gasteiger partial charge in [-0.1, -0.05) is 0 Å². The zero-order valence-corrected chi connectivity index (χ0v) is 12.9. The number of carbonyl (C=O) groups is 1. The summed E-state index contributed by atoms with van der Waals surface area (Å²) in [5.41, 5.74) is 5.87. The van der Waals surface area contributed by atoms with E-state index in [1.807, 2.05) is 91.0 Å². The van der Waals surface area contributed by atoms with Crippen molar-refractivity contribution in [2.24, 2.45) is 26.9 Å². The molecular weight excluding hydrogens is 282 g/mol. The van der Waals surface area contributed by atoms with E-state index in [0.717, 1.165) is 0 Å². The number of hydrogen-bond donors (Lipinski definition) is 1. The van der Waals surface area contributed by atoms with E-state index in [0.29, 0.717) is 0 Å². The summed E-state index contributed by atoms with van der Waals surface area (Å²) in [5, 5.41) is 0. The third-order valence-electron chi connectivity index (χ3n) is 3.72. The number of imidazole rings is 3. The van der Waals surface area contributed by atoms with Crippen LogP contribution in [0.4, 0.5) is 0 Å². The quantitative estimate of drug-likeness (QED) is 0.544. The summed E-state index contributed by atoms with van der Waals surface area (Å²) in [6, 6.07) is 0. The zero-order valence-electron chi connectivity index (χ0n) is 12.9. The predicted octanol–water partition coefficient (Wildman–Crippen LogP) is -2.24. The SMILES string of the molecule is C[n+]1ccn(C(C(N)=O)(n2cc[n+](C)c2)n2cc[n+](C)c2)c1. The molecule has 0 aromatic carbocycles. The Bertz CT molecular complexity index is 727. The molecule has 0 atom stereocenters. The van der Waals surface area contributed by atoms with E-state index in [9.17, 15) is 4.79 Å². The monoisotopic (exact) mass is 302 g/mol. The largest absolute Gasteiger partial charge is 0.483 e. The van der Waals surface area contributed by atoms with Crippen LogP contribution >= 0.6 is 0 Å². The highest BCUT2D eigenvalue weighted by molar-refractivity contribution is 5.82. The van der Waals surface area contributed by atoms with Crippen LogP contribution < -0.4 is 19.4 Å². The first-order valence-corrected chi connectivity index (χ1v) is 6.85. The van der Waals surface area contributed by atoms with E-state index >= 15 is 0 Å². The minimum atomic E-state index is -1.23. The fraction of sp³-hybridized carbons (Fsp3) is 0.286. The van der Waals surface area contributed by atoms with Crippen LogP contribution in [0.2, 0.25) is 0 Å². The lowest BCUT2D eigenvalue weighted by Crippen LogP contribution is -2.57. The second kappa shape index (κ2) is 4.83. The molecule has 0 saturated heterocycles. The highest BCUT2D eigenvalue weighted by Crippen LogP contribution is 2.20. The van der Waals surface area contributed by atoms with Gasteiger partial charge in [-0.25, -0.2) is 13.7 Å². The van der Waals surface area contributed by atoms with Gasteiger partial charge in [0, 0.05) is 0 Å². The third-order valence-corrected chi connectivity index (χ3v) is 3.72. The van der Waals surface area contributed by atoms with E-state index in [4.69, 9.17) is 5.73 Å². The van der Waals surface area contributed by atoms with Gasteiger partial charge in [-0.2, -0.15) is 0 Å². The van der Waals surface area contributed by atoms with Crippen LogP contribution in [0, 0.1) is 0 Å². The van der Waals surface area contributed by atoms with Crippen molar-refractivity contribution in [1.29, 1.82) is 0 Å². The number of nitrogens with two attached hydrogens (primary N) is 1. The molecule has 0 aliphatic rings. The van der Waals surface area contributed by atoms with Gasteiger partial charge in [0.1, 0.15) is 37.2 Å². The minimum absolute atomic E-state index is 0.490. The molecule has 0 fully saturated rings. The Morgan fingerprint density at radius 3 is 1.32 bits per heavy atom. The maximum Gasteiger partial charge on any atom is 0.483 e. The molecule has 8 heteroatoms. The number of primary amides is 1. The van der Waals surface area contributed by atoms with Crippen molar-refractivity contribution in [2.45, 2.75) is 5.79 Å². The van der Waals surface area contributed by atoms with Gasteiger partial charge >= 0.3 is 11.7 Å². The predicted molar refractivity (Wildman–Crippen MR) is 74.8 cm³/mol. The maximum absolute atomic E-state index is 12.6. The molecule has 3 heterocycles. The molecular formula is C14H20N7O+3. The lowest BCUT2D eigenvalue weighted by molar-refractivity contribution is -0.673. The summed E-state index contributed by atoms with van der Waals surface area (Å²) in [7, 11) is 5.69. The van der Waals surface area contributed by atoms with E-state index in [1.54, 1.807) is 13.7 Å². The summed E-state index contributed by atoms with van der Waals surface area (Å²) >= 11 is 0. The molecule has 114 valence electrons. The lowest BCUT2D eigenvalue weighted by atomic mass is 10.3. The summed E-state index contributed by atoms with van der Waals surface area (Å²) in [5.74, 6) is -1.72. The molecule has 8 nitrogen and oxygen atoms in total. The van der Waals surface area contributed by atoms with Crippen LogP contribution in [0.25, 0.3) is 0 Å². The topological polar surface area (TPSA) is 69.5 Å². The highest BCUT2D eigenvalue weighted by atomic mass is 16.2. The van der Waals surface area contributed by atoms with Gasteiger partial charge in [0.2, 0.25) is 0 Å². The van der Waals surface area contributed by atoms with Crippen LogP contribution in [-0.4, -0.2) is 19.6 Å². The number of nitrogens with zero attached hydrogens (tertiary/aromatic N) is 6. The highest BCUT2D eigenvalue weighted by Gasteiger charge is 2.57. The molecule has 0 saturated carbocycles. The van der Waals surface area contributed by atoms with Crippen molar-refractivity contribution in [1.82, 2.24) is 13.7 Å². The molecule has 0 unspecified atom stereocenters.